The summed E-state index contributed by atoms with van der Waals surface area (Å²) in [5, 5.41) is 1.51. The Hall–Kier alpha value is 1.32. The van der Waals surface area contributed by atoms with Crippen LogP contribution in [0.3, 0.4) is 0 Å². The monoisotopic (exact) mass is 350 g/mol. The molecule has 0 saturated carbocycles. The Kier molecular flexibility index (Phi) is 4.44. The fraction of sp³-hybridized carbons (Fsp3) is 0.500. The van der Waals surface area contributed by atoms with E-state index in [9.17, 15) is 0 Å². The number of hydrogen-bond acceptors (Lipinski definition) is 6. The van der Waals surface area contributed by atoms with E-state index < -0.39 is 0 Å². The Bertz CT molecular complexity index is 449. The van der Waals surface area contributed by atoms with Crippen molar-refractivity contribution in [1.29, 1.82) is 0 Å². The number of rotatable bonds is 0. The zero-order valence-corrected chi connectivity index (χ0v) is 15.5. The molecule has 3 aliphatic heterocycles. The molecule has 0 N–H and O–H groups in total. The highest BCUT2D eigenvalue weighted by Crippen LogP contribution is 2.69. The van der Waals surface area contributed by atoms with Crippen molar-refractivity contribution in [3.8, 4) is 0 Å². The second-order valence-electron chi connectivity index (χ2n) is 4.49. The zero-order valence-electron chi connectivity index (χ0n) is 10.6. The Morgan fingerprint density at radius 2 is 1.17 bits per heavy atom. The van der Waals surface area contributed by atoms with Gasteiger partial charge in [-0.25, -0.2) is 0 Å². The molecule has 0 bridgehead atoms. The van der Waals surface area contributed by atoms with Crippen LogP contribution in [-0.4, -0.2) is 10.5 Å². The van der Waals surface area contributed by atoms with E-state index >= 15 is 0 Å². The fourth-order valence-electron chi connectivity index (χ4n) is 1.53. The van der Waals surface area contributed by atoms with E-state index in [1.54, 1.807) is 4.24 Å². The van der Waals surface area contributed by atoms with Gasteiger partial charge in [0.2, 0.25) is 0 Å². The summed E-state index contributed by atoms with van der Waals surface area (Å²) < 4.78 is 7.59. The molecule has 0 aromatic heterocycles. The molecule has 6 heteroatoms. The minimum atomic E-state index is 0.753. The third-order valence-corrected chi connectivity index (χ3v) is 12.4. The molecule has 0 amide bonds. The minimum Gasteiger partial charge on any atom is -0.113 e. The molecule has 1 fully saturated rings. The Labute approximate surface area is 134 Å². The minimum absolute atomic E-state index is 0.753. The lowest BCUT2D eigenvalue weighted by molar-refractivity contribution is 0.941. The van der Waals surface area contributed by atoms with Crippen molar-refractivity contribution in [3.05, 3.63) is 26.8 Å². The second kappa shape index (κ2) is 5.60. The molecule has 98 valence electrons. The molecule has 18 heavy (non-hydrogen) atoms. The molecule has 3 aliphatic rings. The maximum absolute atomic E-state index is 2.34. The van der Waals surface area contributed by atoms with Gasteiger partial charge >= 0.3 is 0 Å². The van der Waals surface area contributed by atoms with Gasteiger partial charge in [0.25, 0.3) is 0 Å². The van der Waals surface area contributed by atoms with Crippen molar-refractivity contribution in [2.75, 3.05) is 0 Å². The van der Waals surface area contributed by atoms with E-state index in [1.165, 1.54) is 22.5 Å². The van der Waals surface area contributed by atoms with Crippen molar-refractivity contribution in [3.63, 3.8) is 0 Å². The molecule has 0 nitrogen and oxygen atoms in total. The summed E-state index contributed by atoms with van der Waals surface area (Å²) in [5.74, 6) is 0. The van der Waals surface area contributed by atoms with Crippen LogP contribution in [0, 0.1) is 0 Å². The van der Waals surface area contributed by atoms with E-state index in [2.05, 4.69) is 51.2 Å². The van der Waals surface area contributed by atoms with E-state index in [4.69, 9.17) is 0 Å². The lowest BCUT2D eigenvalue weighted by Gasteiger charge is -2.06. The van der Waals surface area contributed by atoms with Crippen molar-refractivity contribution in [2.45, 2.75) is 38.2 Å². The summed E-state index contributed by atoms with van der Waals surface area (Å²) >= 11 is 12.0. The third kappa shape index (κ3) is 2.70. The van der Waals surface area contributed by atoms with Gasteiger partial charge in [-0.15, -0.1) is 23.5 Å². The molecule has 0 spiro atoms. The van der Waals surface area contributed by atoms with Gasteiger partial charge in [0.15, 0.2) is 0 Å². The molecule has 3 rings (SSSR count). The molecule has 0 aromatic rings. The van der Waals surface area contributed by atoms with Gasteiger partial charge in [0.05, 0.1) is 16.9 Å². The van der Waals surface area contributed by atoms with Crippen LogP contribution < -0.4 is 0 Å². The summed E-state index contributed by atoms with van der Waals surface area (Å²) in [6.07, 6.45) is 0. The maximum atomic E-state index is 2.34. The summed E-state index contributed by atoms with van der Waals surface area (Å²) in [6, 6.07) is 0. The van der Waals surface area contributed by atoms with Crippen LogP contribution in [0.1, 0.15) is 27.7 Å². The summed E-state index contributed by atoms with van der Waals surface area (Å²) in [5.41, 5.74) is 1.45. The van der Waals surface area contributed by atoms with Gasteiger partial charge in [-0.05, 0) is 13.8 Å². The number of hydrogen-bond donors (Lipinski definition) is 0. The third-order valence-electron chi connectivity index (χ3n) is 2.73. The first-order valence-corrected chi connectivity index (χ1v) is 10.8. The molecule has 0 aromatic carbocycles. The molecule has 0 unspecified atom stereocenters. The first kappa shape index (κ1) is 14.3. The van der Waals surface area contributed by atoms with Crippen LogP contribution in [0.5, 0.6) is 0 Å². The number of thioether (sulfide) groups is 6. The quantitative estimate of drug-likeness (QED) is 0.473. The van der Waals surface area contributed by atoms with Gasteiger partial charge < -0.3 is 0 Å². The summed E-state index contributed by atoms with van der Waals surface area (Å²) in [7, 11) is 0. The molecule has 0 aliphatic carbocycles. The van der Waals surface area contributed by atoms with Crippen molar-refractivity contribution in [1.82, 2.24) is 0 Å². The van der Waals surface area contributed by atoms with Crippen LogP contribution in [-0.2, 0) is 0 Å². The predicted molar refractivity (Wildman–Crippen MR) is 96.9 cm³/mol. The zero-order chi connectivity index (χ0) is 12.9. The van der Waals surface area contributed by atoms with Crippen molar-refractivity contribution < 1.29 is 0 Å². The normalized spacial score (nSPS) is 31.7. The maximum Gasteiger partial charge on any atom is 0.0717 e. The molecular formula is C12H14S6. The highest BCUT2D eigenvalue weighted by atomic mass is 32.3. The van der Waals surface area contributed by atoms with Gasteiger partial charge in [0, 0.05) is 14.7 Å². The molecular weight excluding hydrogens is 337 g/mol. The van der Waals surface area contributed by atoms with Crippen LogP contribution >= 0.6 is 70.6 Å². The largest absolute Gasteiger partial charge is 0.113 e. The van der Waals surface area contributed by atoms with E-state index in [0.29, 0.717) is 0 Å². The van der Waals surface area contributed by atoms with Gasteiger partial charge in [0.1, 0.15) is 0 Å². The highest BCUT2D eigenvalue weighted by Gasteiger charge is 2.35. The van der Waals surface area contributed by atoms with Crippen LogP contribution in [0.25, 0.3) is 0 Å². The summed E-state index contributed by atoms with van der Waals surface area (Å²) in [4.78, 5) is 0. The topological polar surface area (TPSA) is 0 Å². The average Bonchev–Trinajstić information content (AvgIpc) is 2.91. The molecule has 1 saturated heterocycles. The Morgan fingerprint density at radius 3 is 1.61 bits per heavy atom. The van der Waals surface area contributed by atoms with E-state index in [0.717, 1.165) is 10.5 Å². The van der Waals surface area contributed by atoms with E-state index in [1.807, 2.05) is 47.0 Å². The summed E-state index contributed by atoms with van der Waals surface area (Å²) in [6.45, 7) is 9.09. The molecule has 2 atom stereocenters. The average molecular weight is 351 g/mol. The fourth-order valence-corrected chi connectivity index (χ4v) is 11.2. The Morgan fingerprint density at radius 1 is 0.722 bits per heavy atom. The van der Waals surface area contributed by atoms with Crippen LogP contribution in [0.4, 0.5) is 0 Å². The van der Waals surface area contributed by atoms with E-state index in [-0.39, 0.29) is 0 Å². The second-order valence-corrected chi connectivity index (χ2v) is 12.6. The van der Waals surface area contributed by atoms with Gasteiger partial charge in [-0.1, -0.05) is 66.5 Å². The standard InChI is InChI=1S/C12H14S6/c1-5(2)8-15-11-12(16-8)18-10(17-11)9-13-6(3)7(4)14-9/h6-7H,1-4H3/t6-,7-/m1/s1. The van der Waals surface area contributed by atoms with Gasteiger partial charge in [-0.2, -0.15) is 0 Å². The Balaban J connectivity index is 1.74. The molecule has 0 radical (unpaired) electrons. The number of allylic oxidation sites excluding steroid dienone is 1. The predicted octanol–water partition coefficient (Wildman–Crippen LogP) is 6.71. The van der Waals surface area contributed by atoms with Gasteiger partial charge in [-0.3, -0.25) is 0 Å². The SMILES string of the molecule is CC(C)=C1SC2=C(S1)SC(=C1S[C@H](C)[C@@H](C)S1)S2. The van der Waals surface area contributed by atoms with Crippen LogP contribution in [0.2, 0.25) is 0 Å². The van der Waals surface area contributed by atoms with Crippen molar-refractivity contribution in [2.24, 2.45) is 0 Å². The first-order chi connectivity index (χ1) is 8.54. The smallest absolute Gasteiger partial charge is 0.0717 e. The van der Waals surface area contributed by atoms with Crippen LogP contribution in [0.15, 0.2) is 26.8 Å². The molecule has 3 heterocycles. The first-order valence-electron chi connectivity index (χ1n) is 5.75. The lowest BCUT2D eigenvalue weighted by Crippen LogP contribution is -2.04. The van der Waals surface area contributed by atoms with Crippen molar-refractivity contribution >= 4 is 70.6 Å². The lowest BCUT2D eigenvalue weighted by atomic mass is 10.4. The highest BCUT2D eigenvalue weighted by molar-refractivity contribution is 8.49.